The standard InChI is InChI=1S/C13H16N4O2/c1-3-6-15-12(18)9-17(2)13(19)11-5-4-10(7-14)8-16-11/h4-5,8H,3,6,9H2,1-2H3,(H,15,18). The molecule has 1 rings (SSSR count). The first-order chi connectivity index (χ1) is 9.08. The molecule has 0 unspecified atom stereocenters. The summed E-state index contributed by atoms with van der Waals surface area (Å²) < 4.78 is 0. The normalized spacial score (nSPS) is 9.53. The average Bonchev–Trinajstić information content (AvgIpc) is 2.44. The van der Waals surface area contributed by atoms with E-state index in [0.29, 0.717) is 12.1 Å². The Morgan fingerprint density at radius 3 is 2.74 bits per heavy atom. The second-order valence-corrected chi connectivity index (χ2v) is 4.06. The number of hydrogen-bond acceptors (Lipinski definition) is 4. The molecule has 0 spiro atoms. The van der Waals surface area contributed by atoms with Crippen molar-refractivity contribution in [3.63, 3.8) is 0 Å². The van der Waals surface area contributed by atoms with Crippen LogP contribution in [-0.4, -0.2) is 41.8 Å². The van der Waals surface area contributed by atoms with Crippen LogP contribution in [0.1, 0.15) is 29.4 Å². The van der Waals surface area contributed by atoms with E-state index >= 15 is 0 Å². The van der Waals surface area contributed by atoms with Gasteiger partial charge in [0, 0.05) is 19.8 Å². The summed E-state index contributed by atoms with van der Waals surface area (Å²) in [7, 11) is 1.54. The average molecular weight is 260 g/mol. The number of nitriles is 1. The third-order valence-corrected chi connectivity index (χ3v) is 2.41. The summed E-state index contributed by atoms with van der Waals surface area (Å²) in [5.41, 5.74) is 0.602. The summed E-state index contributed by atoms with van der Waals surface area (Å²) in [6.45, 7) is 2.53. The molecule has 0 atom stereocenters. The molecule has 1 N–H and O–H groups in total. The zero-order valence-corrected chi connectivity index (χ0v) is 11.0. The Morgan fingerprint density at radius 1 is 1.47 bits per heavy atom. The summed E-state index contributed by atoms with van der Waals surface area (Å²) in [6, 6.07) is 4.92. The number of hydrogen-bond donors (Lipinski definition) is 1. The minimum Gasteiger partial charge on any atom is -0.355 e. The van der Waals surface area contributed by atoms with Crippen molar-refractivity contribution >= 4 is 11.8 Å². The predicted octanol–water partition coefficient (Wildman–Crippen LogP) is 0.551. The first-order valence-electron chi connectivity index (χ1n) is 5.96. The van der Waals surface area contributed by atoms with Gasteiger partial charge in [0.2, 0.25) is 5.91 Å². The number of carbonyl (C=O) groups is 2. The minimum atomic E-state index is -0.351. The molecule has 1 heterocycles. The van der Waals surface area contributed by atoms with Crippen LogP contribution in [0.15, 0.2) is 18.3 Å². The SMILES string of the molecule is CCCNC(=O)CN(C)C(=O)c1ccc(C#N)cn1. The van der Waals surface area contributed by atoms with Crippen molar-refractivity contribution in [2.24, 2.45) is 0 Å². The number of carbonyl (C=O) groups excluding carboxylic acids is 2. The fraction of sp³-hybridized carbons (Fsp3) is 0.385. The second-order valence-electron chi connectivity index (χ2n) is 4.06. The zero-order chi connectivity index (χ0) is 14.3. The van der Waals surface area contributed by atoms with E-state index in [4.69, 9.17) is 5.26 Å². The molecule has 0 fully saturated rings. The lowest BCUT2D eigenvalue weighted by Gasteiger charge is -2.16. The van der Waals surface area contributed by atoms with Crippen LogP contribution in [0.25, 0.3) is 0 Å². The third-order valence-electron chi connectivity index (χ3n) is 2.41. The molecule has 0 saturated carbocycles. The monoisotopic (exact) mass is 260 g/mol. The second kappa shape index (κ2) is 7.11. The summed E-state index contributed by atoms with van der Waals surface area (Å²) >= 11 is 0. The van der Waals surface area contributed by atoms with Gasteiger partial charge in [-0.3, -0.25) is 9.59 Å². The molecule has 100 valence electrons. The van der Waals surface area contributed by atoms with E-state index in [2.05, 4.69) is 10.3 Å². The van der Waals surface area contributed by atoms with Crippen molar-refractivity contribution in [3.05, 3.63) is 29.6 Å². The lowest BCUT2D eigenvalue weighted by molar-refractivity contribution is -0.121. The molecule has 0 radical (unpaired) electrons. The van der Waals surface area contributed by atoms with Crippen LogP contribution >= 0.6 is 0 Å². The Labute approximate surface area is 112 Å². The number of rotatable bonds is 5. The first-order valence-corrected chi connectivity index (χ1v) is 5.96. The van der Waals surface area contributed by atoms with Gasteiger partial charge in [-0.05, 0) is 18.6 Å². The van der Waals surface area contributed by atoms with E-state index in [1.807, 2.05) is 13.0 Å². The largest absolute Gasteiger partial charge is 0.355 e. The van der Waals surface area contributed by atoms with E-state index < -0.39 is 0 Å². The van der Waals surface area contributed by atoms with Crippen LogP contribution in [0.4, 0.5) is 0 Å². The maximum atomic E-state index is 12.0. The van der Waals surface area contributed by atoms with Gasteiger partial charge in [0.25, 0.3) is 5.91 Å². The van der Waals surface area contributed by atoms with Gasteiger partial charge in [0.15, 0.2) is 0 Å². The molecule has 0 bridgehead atoms. The summed E-state index contributed by atoms with van der Waals surface area (Å²) in [4.78, 5) is 28.6. The van der Waals surface area contributed by atoms with Crippen LogP contribution in [0, 0.1) is 11.3 Å². The van der Waals surface area contributed by atoms with Crippen molar-refractivity contribution in [3.8, 4) is 6.07 Å². The van der Waals surface area contributed by atoms with E-state index in [1.54, 1.807) is 0 Å². The lowest BCUT2D eigenvalue weighted by atomic mass is 10.2. The van der Waals surface area contributed by atoms with Crippen LogP contribution in [0.2, 0.25) is 0 Å². The van der Waals surface area contributed by atoms with Gasteiger partial charge in [-0.2, -0.15) is 5.26 Å². The third kappa shape index (κ3) is 4.39. The smallest absolute Gasteiger partial charge is 0.272 e. The number of nitrogens with one attached hydrogen (secondary N) is 1. The molecule has 2 amide bonds. The molecular formula is C13H16N4O2. The molecule has 19 heavy (non-hydrogen) atoms. The number of pyridine rings is 1. The van der Waals surface area contributed by atoms with Gasteiger partial charge < -0.3 is 10.2 Å². The van der Waals surface area contributed by atoms with Crippen molar-refractivity contribution in [1.29, 1.82) is 5.26 Å². The summed E-state index contributed by atoms with van der Waals surface area (Å²) in [5.74, 6) is -0.553. The Hall–Kier alpha value is -2.42. The quantitative estimate of drug-likeness (QED) is 0.837. The highest BCUT2D eigenvalue weighted by atomic mass is 16.2. The van der Waals surface area contributed by atoms with Gasteiger partial charge in [-0.25, -0.2) is 4.98 Å². The van der Waals surface area contributed by atoms with Crippen molar-refractivity contribution in [1.82, 2.24) is 15.2 Å². The Morgan fingerprint density at radius 2 is 2.21 bits per heavy atom. The molecule has 0 aliphatic heterocycles. The molecule has 6 heteroatoms. The lowest BCUT2D eigenvalue weighted by Crippen LogP contribution is -2.38. The number of amides is 2. The number of aromatic nitrogens is 1. The predicted molar refractivity (Wildman–Crippen MR) is 69.2 cm³/mol. The van der Waals surface area contributed by atoms with Gasteiger partial charge in [0.1, 0.15) is 11.8 Å². The molecule has 6 nitrogen and oxygen atoms in total. The molecule has 0 aliphatic carbocycles. The molecule has 0 aliphatic rings. The first kappa shape index (κ1) is 14.6. The molecule has 0 aromatic carbocycles. The fourth-order valence-electron chi connectivity index (χ4n) is 1.39. The Bertz CT molecular complexity index is 490. The highest BCUT2D eigenvalue weighted by Gasteiger charge is 2.15. The molecule has 1 aromatic rings. The highest BCUT2D eigenvalue weighted by Crippen LogP contribution is 2.02. The van der Waals surface area contributed by atoms with Gasteiger partial charge in [0.05, 0.1) is 12.1 Å². The molecular weight excluding hydrogens is 244 g/mol. The summed E-state index contributed by atoms with van der Waals surface area (Å²) in [5, 5.41) is 11.3. The maximum Gasteiger partial charge on any atom is 0.272 e. The maximum absolute atomic E-state index is 12.0. The van der Waals surface area contributed by atoms with Crippen LogP contribution in [0.3, 0.4) is 0 Å². The summed E-state index contributed by atoms with van der Waals surface area (Å²) in [6.07, 6.45) is 2.18. The van der Waals surface area contributed by atoms with Crippen molar-refractivity contribution in [2.75, 3.05) is 20.1 Å². The van der Waals surface area contributed by atoms with Gasteiger partial charge >= 0.3 is 0 Å². The Kier molecular flexibility index (Phi) is 5.48. The van der Waals surface area contributed by atoms with E-state index in [9.17, 15) is 9.59 Å². The molecule has 0 saturated heterocycles. The van der Waals surface area contributed by atoms with Crippen molar-refractivity contribution in [2.45, 2.75) is 13.3 Å². The van der Waals surface area contributed by atoms with E-state index in [1.165, 1.54) is 30.3 Å². The number of nitrogens with zero attached hydrogens (tertiary/aromatic N) is 3. The number of likely N-dealkylation sites (N-methyl/N-ethyl adjacent to an activating group) is 1. The van der Waals surface area contributed by atoms with Crippen LogP contribution < -0.4 is 5.32 Å². The van der Waals surface area contributed by atoms with Gasteiger partial charge in [-0.1, -0.05) is 6.92 Å². The van der Waals surface area contributed by atoms with Crippen LogP contribution in [0.5, 0.6) is 0 Å². The molecule has 1 aromatic heterocycles. The van der Waals surface area contributed by atoms with Crippen LogP contribution in [-0.2, 0) is 4.79 Å². The minimum absolute atomic E-state index is 0.0134. The topological polar surface area (TPSA) is 86.1 Å². The van der Waals surface area contributed by atoms with Crippen molar-refractivity contribution < 1.29 is 9.59 Å². The van der Waals surface area contributed by atoms with E-state index in [0.717, 1.165) is 6.42 Å². The fourth-order valence-corrected chi connectivity index (χ4v) is 1.39. The Balaban J connectivity index is 2.61. The van der Waals surface area contributed by atoms with Gasteiger partial charge in [-0.15, -0.1) is 0 Å². The zero-order valence-electron chi connectivity index (χ0n) is 11.0. The highest BCUT2D eigenvalue weighted by molar-refractivity contribution is 5.94. The van der Waals surface area contributed by atoms with E-state index in [-0.39, 0.29) is 24.1 Å².